The van der Waals surface area contributed by atoms with Gasteiger partial charge >= 0.3 is 6.43 Å². The first-order valence-corrected chi connectivity index (χ1v) is 11.6. The molecule has 3 aromatic heterocycles. The Kier molecular flexibility index (Phi) is 5.63. The number of alkyl halides is 2. The Morgan fingerprint density at radius 1 is 0.971 bits per heavy atom. The van der Waals surface area contributed by atoms with Gasteiger partial charge in [0, 0.05) is 24.5 Å². The van der Waals surface area contributed by atoms with Crippen molar-refractivity contribution in [2.24, 2.45) is 0 Å². The Labute approximate surface area is 192 Å². The van der Waals surface area contributed by atoms with Gasteiger partial charge in [-0.05, 0) is 42.0 Å². The molecule has 0 saturated carbocycles. The van der Waals surface area contributed by atoms with Gasteiger partial charge in [0.25, 0.3) is 5.89 Å². The largest absolute Gasteiger partial charge is 0.415 e. The number of halogens is 2. The van der Waals surface area contributed by atoms with Gasteiger partial charge in [-0.15, -0.1) is 10.2 Å². The van der Waals surface area contributed by atoms with E-state index in [0.717, 1.165) is 4.31 Å². The fourth-order valence-electron chi connectivity index (χ4n) is 3.86. The van der Waals surface area contributed by atoms with E-state index in [1.165, 1.54) is 24.5 Å². The lowest BCUT2D eigenvalue weighted by atomic mass is 10.0. The molecule has 5 rings (SSSR count). The molecule has 1 aliphatic rings. The summed E-state index contributed by atoms with van der Waals surface area (Å²) in [5.74, 6) is -1.07. The number of pyridine rings is 2. The van der Waals surface area contributed by atoms with Crippen LogP contribution in [0.15, 0.2) is 76.3 Å². The molecule has 0 saturated heterocycles. The van der Waals surface area contributed by atoms with Crippen LogP contribution in [0.4, 0.5) is 8.78 Å². The molecule has 4 heterocycles. The molecule has 0 aliphatic carbocycles. The molecule has 1 N–H and O–H groups in total. The zero-order valence-corrected chi connectivity index (χ0v) is 18.2. The maximum atomic E-state index is 13.6. The van der Waals surface area contributed by atoms with Crippen LogP contribution in [0.3, 0.4) is 0 Å². The van der Waals surface area contributed by atoms with Crippen molar-refractivity contribution in [3.63, 3.8) is 0 Å². The van der Waals surface area contributed by atoms with Gasteiger partial charge in [0.15, 0.2) is 0 Å². The number of hydrogen-bond acceptors (Lipinski definition) is 8. The molecule has 174 valence electrons. The molecule has 0 fully saturated rings. The van der Waals surface area contributed by atoms with E-state index in [0.29, 0.717) is 11.3 Å². The van der Waals surface area contributed by atoms with E-state index in [4.69, 9.17) is 4.42 Å². The van der Waals surface area contributed by atoms with Crippen LogP contribution in [0.2, 0.25) is 0 Å². The highest BCUT2D eigenvalue weighted by molar-refractivity contribution is 7.89. The minimum absolute atomic E-state index is 0.0325. The lowest BCUT2D eigenvalue weighted by Gasteiger charge is -2.29. The summed E-state index contributed by atoms with van der Waals surface area (Å²) in [6, 6.07) is 13.3. The summed E-state index contributed by atoms with van der Waals surface area (Å²) >= 11 is 0. The predicted octanol–water partition coefficient (Wildman–Crippen LogP) is 3.44. The van der Waals surface area contributed by atoms with Crippen molar-refractivity contribution >= 4 is 10.0 Å². The summed E-state index contributed by atoms with van der Waals surface area (Å²) in [4.78, 5) is 8.41. The first kappa shape index (κ1) is 22.2. The van der Waals surface area contributed by atoms with E-state index >= 15 is 0 Å². The zero-order chi connectivity index (χ0) is 23.9. The summed E-state index contributed by atoms with van der Waals surface area (Å²) in [5.41, 5.74) is 1.28. The molecular weight excluding hydrogens is 468 g/mol. The van der Waals surface area contributed by atoms with Gasteiger partial charge in [-0.3, -0.25) is 9.97 Å². The highest BCUT2D eigenvalue weighted by atomic mass is 32.2. The summed E-state index contributed by atoms with van der Waals surface area (Å²) < 4.78 is 59.0. The second-order valence-corrected chi connectivity index (χ2v) is 9.38. The SMILES string of the molecule is O=S1(=O)c2cc(-c3nnc(C(F)F)o3)ccc2CN1C(c1ccccn1)[C@H](O)c1ccccn1. The Morgan fingerprint density at radius 3 is 2.29 bits per heavy atom. The van der Waals surface area contributed by atoms with Crippen molar-refractivity contribution in [1.82, 2.24) is 24.5 Å². The second kappa shape index (κ2) is 8.63. The van der Waals surface area contributed by atoms with Crippen molar-refractivity contribution in [1.29, 1.82) is 0 Å². The van der Waals surface area contributed by atoms with Gasteiger partial charge in [-0.2, -0.15) is 13.1 Å². The maximum Gasteiger partial charge on any atom is 0.314 e. The molecule has 0 amide bonds. The third kappa shape index (κ3) is 3.85. The maximum absolute atomic E-state index is 13.6. The minimum atomic E-state index is -4.12. The molecule has 2 atom stereocenters. The van der Waals surface area contributed by atoms with Gasteiger partial charge in [0.1, 0.15) is 6.10 Å². The fourth-order valence-corrected chi connectivity index (χ4v) is 5.68. The quantitative estimate of drug-likeness (QED) is 0.441. The summed E-state index contributed by atoms with van der Waals surface area (Å²) in [7, 11) is -4.12. The first-order chi connectivity index (χ1) is 16.4. The van der Waals surface area contributed by atoms with Crippen LogP contribution >= 0.6 is 0 Å². The first-order valence-electron chi connectivity index (χ1n) is 10.1. The standard InChI is InChI=1S/C22H17F2N5O4S/c23-20(24)22-28-27-21(33-22)13-7-8-14-12-29(34(31,32)17(14)11-13)18(15-5-1-3-9-25-15)19(30)16-6-2-4-10-26-16/h1-11,18-20,30H,12H2/t18?,19-/m1/s1. The third-order valence-electron chi connectivity index (χ3n) is 5.45. The fraction of sp³-hybridized carbons (Fsp3) is 0.182. The van der Waals surface area contributed by atoms with Crippen molar-refractivity contribution in [3.8, 4) is 11.5 Å². The summed E-state index contributed by atoms with van der Waals surface area (Å²) in [6.45, 7) is -0.0325. The van der Waals surface area contributed by atoms with Gasteiger partial charge in [0.2, 0.25) is 15.9 Å². The lowest BCUT2D eigenvalue weighted by Crippen LogP contribution is -2.34. The normalized spacial score (nSPS) is 16.9. The monoisotopic (exact) mass is 485 g/mol. The predicted molar refractivity (Wildman–Crippen MR) is 114 cm³/mol. The Morgan fingerprint density at radius 2 is 1.68 bits per heavy atom. The number of aliphatic hydroxyl groups excluding tert-OH is 1. The molecule has 0 spiro atoms. The van der Waals surface area contributed by atoms with Gasteiger partial charge in [-0.1, -0.05) is 18.2 Å². The third-order valence-corrected chi connectivity index (χ3v) is 7.35. The molecule has 34 heavy (non-hydrogen) atoms. The van der Waals surface area contributed by atoms with Crippen LogP contribution in [0.25, 0.3) is 11.5 Å². The van der Waals surface area contributed by atoms with E-state index in [9.17, 15) is 22.3 Å². The molecule has 9 nitrogen and oxygen atoms in total. The van der Waals surface area contributed by atoms with E-state index in [1.807, 2.05) is 0 Å². The Hall–Kier alpha value is -3.61. The molecule has 1 aliphatic heterocycles. The van der Waals surface area contributed by atoms with Gasteiger partial charge < -0.3 is 9.52 Å². The number of aliphatic hydroxyl groups is 1. The zero-order valence-electron chi connectivity index (χ0n) is 17.4. The molecule has 4 aromatic rings. The smallest absolute Gasteiger partial charge is 0.314 e. The van der Waals surface area contributed by atoms with Gasteiger partial charge in [-0.25, -0.2) is 8.42 Å². The van der Waals surface area contributed by atoms with Crippen LogP contribution in [-0.4, -0.2) is 38.0 Å². The van der Waals surface area contributed by atoms with E-state index in [1.54, 1.807) is 42.5 Å². The van der Waals surface area contributed by atoms with Crippen LogP contribution < -0.4 is 0 Å². The second-order valence-electron chi connectivity index (χ2n) is 7.52. The highest BCUT2D eigenvalue weighted by Gasteiger charge is 2.44. The van der Waals surface area contributed by atoms with Crippen molar-refractivity contribution in [2.75, 3.05) is 0 Å². The van der Waals surface area contributed by atoms with Crippen LogP contribution in [0.1, 0.15) is 41.4 Å². The van der Waals surface area contributed by atoms with Crippen LogP contribution in [-0.2, 0) is 16.6 Å². The van der Waals surface area contributed by atoms with Crippen molar-refractivity contribution < 1.29 is 26.7 Å². The molecular formula is C22H17F2N5O4S. The molecule has 1 aromatic carbocycles. The number of hydrogen-bond donors (Lipinski definition) is 1. The summed E-state index contributed by atoms with van der Waals surface area (Å²) in [6.07, 6.45) is -1.23. The van der Waals surface area contributed by atoms with E-state index in [-0.39, 0.29) is 28.6 Å². The molecule has 1 unspecified atom stereocenters. The minimum Gasteiger partial charge on any atom is -0.415 e. The number of aromatic nitrogens is 4. The average molecular weight is 485 g/mol. The number of rotatable bonds is 6. The number of nitrogens with zero attached hydrogens (tertiary/aromatic N) is 5. The number of benzene rings is 1. The van der Waals surface area contributed by atoms with Crippen molar-refractivity contribution in [2.45, 2.75) is 30.0 Å². The molecule has 0 bridgehead atoms. The summed E-state index contributed by atoms with van der Waals surface area (Å²) in [5, 5.41) is 18.1. The number of fused-ring (bicyclic) bond motifs is 1. The average Bonchev–Trinajstić information content (AvgIpc) is 3.44. The molecule has 12 heteroatoms. The Bertz CT molecular complexity index is 1420. The van der Waals surface area contributed by atoms with E-state index in [2.05, 4.69) is 20.2 Å². The van der Waals surface area contributed by atoms with E-state index < -0.39 is 34.5 Å². The highest BCUT2D eigenvalue weighted by Crippen LogP contribution is 2.43. The lowest BCUT2D eigenvalue weighted by molar-refractivity contribution is 0.0827. The van der Waals surface area contributed by atoms with Crippen LogP contribution in [0, 0.1) is 0 Å². The van der Waals surface area contributed by atoms with Crippen LogP contribution in [0.5, 0.6) is 0 Å². The number of sulfonamides is 1. The van der Waals surface area contributed by atoms with Crippen molar-refractivity contribution in [3.05, 3.63) is 89.8 Å². The Balaban J connectivity index is 1.56. The topological polar surface area (TPSA) is 122 Å². The molecule has 0 radical (unpaired) electrons. The van der Waals surface area contributed by atoms with Gasteiger partial charge in [0.05, 0.1) is 22.3 Å².